The van der Waals surface area contributed by atoms with Crippen LogP contribution in [0.5, 0.6) is 0 Å². The van der Waals surface area contributed by atoms with Gasteiger partial charge in [0.1, 0.15) is 12.1 Å². The van der Waals surface area contributed by atoms with Crippen LogP contribution in [0.1, 0.15) is 18.5 Å². The summed E-state index contributed by atoms with van der Waals surface area (Å²) in [6.45, 7) is -0.448. The molecule has 0 radical (unpaired) electrons. The van der Waals surface area contributed by atoms with Crippen molar-refractivity contribution in [3.8, 4) is 0 Å². The number of hydrogen-bond donors (Lipinski definition) is 7. The number of nitrogens with zero attached hydrogens (tertiary/aromatic N) is 1. The molecule has 13 nitrogen and oxygen atoms in total. The minimum Gasteiger partial charge on any atom is -0.481 e. The molecule has 3 unspecified atom stereocenters. The van der Waals surface area contributed by atoms with Crippen LogP contribution in [0.15, 0.2) is 12.5 Å². The highest BCUT2D eigenvalue weighted by molar-refractivity contribution is 7.98. The summed E-state index contributed by atoms with van der Waals surface area (Å²) in [5.74, 6) is -4.41. The molecule has 0 aromatic carbocycles. The van der Waals surface area contributed by atoms with E-state index in [-0.39, 0.29) is 6.42 Å². The van der Waals surface area contributed by atoms with Crippen LogP contribution in [0.2, 0.25) is 0 Å². The molecule has 0 aliphatic heterocycles. The fourth-order valence-corrected chi connectivity index (χ4v) is 2.88. The molecule has 1 rings (SSSR count). The Kier molecular flexibility index (Phi) is 11.1. The van der Waals surface area contributed by atoms with E-state index >= 15 is 0 Å². The molecule has 8 N–H and O–H groups in total. The summed E-state index contributed by atoms with van der Waals surface area (Å²) in [7, 11) is 0. The largest absolute Gasteiger partial charge is 0.481 e. The fraction of sp³-hybridized carbons (Fsp3) is 0.529. The van der Waals surface area contributed by atoms with Gasteiger partial charge >= 0.3 is 11.9 Å². The molecule has 0 fully saturated rings. The van der Waals surface area contributed by atoms with Crippen molar-refractivity contribution < 1.29 is 34.2 Å². The van der Waals surface area contributed by atoms with E-state index in [0.717, 1.165) is 0 Å². The molecule has 3 amide bonds. The number of hydrogen-bond acceptors (Lipinski definition) is 8. The number of carbonyl (C=O) groups is 5. The van der Waals surface area contributed by atoms with Crippen molar-refractivity contribution in [2.45, 2.75) is 37.4 Å². The van der Waals surface area contributed by atoms with Gasteiger partial charge in [0.05, 0.1) is 25.3 Å². The molecule has 0 saturated heterocycles. The van der Waals surface area contributed by atoms with Gasteiger partial charge in [0.15, 0.2) is 0 Å². The van der Waals surface area contributed by atoms with E-state index in [1.165, 1.54) is 24.3 Å². The standard InChI is InChI=1S/C17H26N6O7S/c1-31-3-2-10(18)15(27)20-7-13(24)22-11(4-9-6-19-8-21-9)16(28)23-12(17(29)30)5-14(25)26/h6,8,10-12H,2-5,7,18H2,1H3,(H,19,21)(H,20,27)(H,22,24)(H,23,28)(H,25,26)(H,29,30). The van der Waals surface area contributed by atoms with Gasteiger partial charge < -0.3 is 36.9 Å². The van der Waals surface area contributed by atoms with Gasteiger partial charge in [0, 0.05) is 18.3 Å². The van der Waals surface area contributed by atoms with E-state index in [4.69, 9.17) is 15.9 Å². The van der Waals surface area contributed by atoms with Crippen molar-refractivity contribution in [1.29, 1.82) is 0 Å². The van der Waals surface area contributed by atoms with Gasteiger partial charge in [0.25, 0.3) is 0 Å². The summed E-state index contributed by atoms with van der Waals surface area (Å²) in [5, 5.41) is 24.8. The molecule has 0 bridgehead atoms. The number of nitrogens with two attached hydrogens (primary N) is 1. The molecule has 3 atom stereocenters. The van der Waals surface area contributed by atoms with Crippen molar-refractivity contribution in [1.82, 2.24) is 25.9 Å². The first-order valence-electron chi connectivity index (χ1n) is 9.17. The Morgan fingerprint density at radius 1 is 1.16 bits per heavy atom. The summed E-state index contributed by atoms with van der Waals surface area (Å²) >= 11 is 1.52. The molecule has 172 valence electrons. The quantitative estimate of drug-likeness (QED) is 0.158. The van der Waals surface area contributed by atoms with Crippen LogP contribution in [0.4, 0.5) is 0 Å². The maximum Gasteiger partial charge on any atom is 0.326 e. The lowest BCUT2D eigenvalue weighted by Gasteiger charge is -2.21. The minimum absolute atomic E-state index is 0.0713. The van der Waals surface area contributed by atoms with Crippen LogP contribution in [0.25, 0.3) is 0 Å². The number of imidazole rings is 1. The third kappa shape index (κ3) is 9.95. The third-order valence-corrected chi connectivity index (χ3v) is 4.66. The lowest BCUT2D eigenvalue weighted by molar-refractivity contribution is -0.147. The highest BCUT2D eigenvalue weighted by Gasteiger charge is 2.28. The highest BCUT2D eigenvalue weighted by atomic mass is 32.2. The minimum atomic E-state index is -1.68. The summed E-state index contributed by atoms with van der Waals surface area (Å²) in [6.07, 6.45) is 4.15. The van der Waals surface area contributed by atoms with Crippen LogP contribution >= 0.6 is 11.8 Å². The van der Waals surface area contributed by atoms with Crippen LogP contribution in [-0.2, 0) is 30.4 Å². The number of rotatable bonds is 14. The zero-order valence-electron chi connectivity index (χ0n) is 16.8. The maximum atomic E-state index is 12.5. The molecule has 0 spiro atoms. The first-order valence-corrected chi connectivity index (χ1v) is 10.6. The average molecular weight is 458 g/mol. The number of nitrogens with one attached hydrogen (secondary N) is 4. The van der Waals surface area contributed by atoms with Crippen molar-refractivity contribution in [3.05, 3.63) is 18.2 Å². The van der Waals surface area contributed by atoms with E-state index in [2.05, 4.69) is 25.9 Å². The predicted molar refractivity (Wildman–Crippen MR) is 110 cm³/mol. The van der Waals surface area contributed by atoms with Crippen molar-refractivity contribution >= 4 is 41.4 Å². The van der Waals surface area contributed by atoms with Gasteiger partial charge in [0.2, 0.25) is 17.7 Å². The van der Waals surface area contributed by atoms with Gasteiger partial charge in [-0.1, -0.05) is 0 Å². The topological polar surface area (TPSA) is 217 Å². The molecule has 31 heavy (non-hydrogen) atoms. The highest BCUT2D eigenvalue weighted by Crippen LogP contribution is 2.02. The monoisotopic (exact) mass is 458 g/mol. The van der Waals surface area contributed by atoms with Crippen molar-refractivity contribution in [2.24, 2.45) is 5.73 Å². The first-order chi connectivity index (χ1) is 14.6. The van der Waals surface area contributed by atoms with Gasteiger partial charge in [-0.3, -0.25) is 19.2 Å². The molecule has 1 aromatic rings. The molecule has 0 saturated carbocycles. The zero-order chi connectivity index (χ0) is 23.4. The molecular weight excluding hydrogens is 432 g/mol. The van der Waals surface area contributed by atoms with Gasteiger partial charge in [-0.15, -0.1) is 0 Å². The molecule has 14 heteroatoms. The van der Waals surface area contributed by atoms with Crippen LogP contribution in [-0.4, -0.2) is 86.5 Å². The van der Waals surface area contributed by atoms with Gasteiger partial charge in [-0.2, -0.15) is 11.8 Å². The second-order valence-corrected chi connectivity index (χ2v) is 7.49. The van der Waals surface area contributed by atoms with Gasteiger partial charge in [-0.25, -0.2) is 9.78 Å². The number of carbonyl (C=O) groups excluding carboxylic acids is 3. The SMILES string of the molecule is CSCCC(N)C(=O)NCC(=O)NC(Cc1cnc[nH]1)C(=O)NC(CC(=O)O)C(=O)O. The number of thioether (sulfide) groups is 1. The van der Waals surface area contributed by atoms with Crippen LogP contribution in [0.3, 0.4) is 0 Å². The van der Waals surface area contributed by atoms with E-state index in [1.807, 2.05) is 6.26 Å². The van der Waals surface area contributed by atoms with Crippen LogP contribution < -0.4 is 21.7 Å². The second-order valence-electron chi connectivity index (χ2n) is 6.50. The summed E-state index contributed by atoms with van der Waals surface area (Å²) in [6, 6.07) is -3.71. The molecular formula is C17H26N6O7S. The van der Waals surface area contributed by atoms with Crippen LogP contribution in [0, 0.1) is 0 Å². The van der Waals surface area contributed by atoms with E-state index in [9.17, 15) is 24.0 Å². The van der Waals surface area contributed by atoms with Crippen molar-refractivity contribution in [3.63, 3.8) is 0 Å². The van der Waals surface area contributed by atoms with E-state index in [1.54, 1.807) is 0 Å². The van der Waals surface area contributed by atoms with E-state index in [0.29, 0.717) is 17.9 Å². The Morgan fingerprint density at radius 2 is 1.87 bits per heavy atom. The molecule has 0 aliphatic rings. The summed E-state index contributed by atoms with van der Waals surface area (Å²) in [4.78, 5) is 65.3. The first kappa shape index (κ1) is 25.9. The fourth-order valence-electron chi connectivity index (χ4n) is 2.39. The third-order valence-electron chi connectivity index (χ3n) is 4.02. The Morgan fingerprint density at radius 3 is 2.42 bits per heavy atom. The number of aliphatic carboxylic acids is 2. The number of carboxylic acid groups (broad SMARTS) is 2. The predicted octanol–water partition coefficient (Wildman–Crippen LogP) is -2.32. The number of aromatic nitrogens is 2. The van der Waals surface area contributed by atoms with Gasteiger partial charge in [-0.05, 0) is 18.4 Å². The maximum absolute atomic E-state index is 12.5. The van der Waals surface area contributed by atoms with Crippen molar-refractivity contribution in [2.75, 3.05) is 18.6 Å². The zero-order valence-corrected chi connectivity index (χ0v) is 17.6. The second kappa shape index (κ2) is 13.2. The normalized spacial score (nSPS) is 13.5. The Bertz CT molecular complexity index is 773. The Balaban J connectivity index is 2.75. The smallest absolute Gasteiger partial charge is 0.326 e. The van der Waals surface area contributed by atoms with E-state index < -0.39 is 60.8 Å². The lowest BCUT2D eigenvalue weighted by Crippen LogP contribution is -2.54. The number of aromatic amines is 1. The Hall–Kier alpha value is -3.13. The molecule has 1 heterocycles. The Labute approximate surface area is 181 Å². The molecule has 1 aromatic heterocycles. The average Bonchev–Trinajstić information content (AvgIpc) is 3.21. The number of H-pyrrole nitrogens is 1. The number of carboxylic acids is 2. The number of amides is 3. The lowest BCUT2D eigenvalue weighted by atomic mass is 10.1. The molecule has 0 aliphatic carbocycles. The summed E-state index contributed by atoms with van der Waals surface area (Å²) < 4.78 is 0. The summed E-state index contributed by atoms with van der Waals surface area (Å²) in [5.41, 5.74) is 6.18.